The summed E-state index contributed by atoms with van der Waals surface area (Å²) in [5.74, 6) is -4.79. The molecule has 0 saturated heterocycles. The number of fused-ring (bicyclic) bond motifs is 3. The van der Waals surface area contributed by atoms with E-state index in [0.29, 0.717) is 6.07 Å². The summed E-state index contributed by atoms with van der Waals surface area (Å²) in [6.07, 6.45) is -1.95. The van der Waals surface area contributed by atoms with E-state index in [0.717, 1.165) is 34.9 Å². The number of aliphatic hydroxyl groups is 1. The molecule has 9 nitrogen and oxygen atoms in total. The van der Waals surface area contributed by atoms with Crippen LogP contribution in [0.2, 0.25) is 5.02 Å². The third-order valence-electron chi connectivity index (χ3n) is 11.1. The van der Waals surface area contributed by atoms with E-state index in [1.54, 1.807) is 12.5 Å². The van der Waals surface area contributed by atoms with Gasteiger partial charge in [-0.05, 0) is 58.7 Å². The minimum absolute atomic E-state index is 0.0591. The number of hydrogen-bond donors (Lipinski definition) is 3. The lowest BCUT2D eigenvalue weighted by Crippen LogP contribution is -2.41. The predicted molar refractivity (Wildman–Crippen MR) is 217 cm³/mol. The molecule has 2 aromatic heterocycles. The molecule has 15 heteroatoms. The van der Waals surface area contributed by atoms with Crippen LogP contribution in [-0.4, -0.2) is 36.3 Å². The maximum atomic E-state index is 15.1. The number of benzene rings is 6. The zero-order valence-electron chi connectivity index (χ0n) is 31.7. The molecule has 0 spiro atoms. The first-order chi connectivity index (χ1) is 29.1. The number of amides is 2. The van der Waals surface area contributed by atoms with Gasteiger partial charge in [0.2, 0.25) is 5.91 Å². The Bertz CT molecular complexity index is 2970. The Kier molecular flexibility index (Phi) is 9.18. The molecule has 4 N–H and O–H groups in total. The van der Waals surface area contributed by atoms with Crippen molar-refractivity contribution in [1.29, 1.82) is 0 Å². The Morgan fingerprint density at radius 2 is 1.41 bits per heavy atom. The van der Waals surface area contributed by atoms with Gasteiger partial charge in [-0.1, -0.05) is 103 Å². The van der Waals surface area contributed by atoms with E-state index in [4.69, 9.17) is 22.3 Å². The number of nitrogens with zero attached hydrogens (tertiary/aromatic N) is 4. The number of nitrogens with two attached hydrogens (primary N) is 1. The maximum absolute atomic E-state index is 15.1. The van der Waals surface area contributed by atoms with Crippen LogP contribution in [0.5, 0.6) is 0 Å². The molecule has 0 fully saturated rings. The highest BCUT2D eigenvalue weighted by molar-refractivity contribution is 6.31. The highest BCUT2D eigenvalue weighted by Gasteiger charge is 2.50. The van der Waals surface area contributed by atoms with E-state index >= 15 is 13.2 Å². The Morgan fingerprint density at radius 3 is 1.97 bits per heavy atom. The number of carbonyl (C=O) groups excluding carboxylic acids is 2. The Labute approximate surface area is 348 Å². The molecule has 0 aliphatic carbocycles. The third-order valence-corrected chi connectivity index (χ3v) is 11.4. The first-order valence-electron chi connectivity index (χ1n) is 18.6. The lowest BCUT2D eigenvalue weighted by atomic mass is 9.77. The fourth-order valence-corrected chi connectivity index (χ4v) is 8.88. The maximum Gasteiger partial charge on any atom is 0.417 e. The lowest BCUT2D eigenvalue weighted by molar-refractivity contribution is -0.137. The van der Waals surface area contributed by atoms with Crippen molar-refractivity contribution in [3.05, 3.63) is 201 Å². The standard InChI is InChI=1S/C46H30ClF5N6O3/c1-57-41(36-23-58(24-54-36)44(25-11-5-2-6-12-25,26-13-7-3-8-14-26)27-15-9-4-10-16-27)32-22-30(37-31(42(53)59)19-29(49)21-34(37)46(50,51)52)39-38(40(32)56-57)43(60)55-45(39,61)33-20-28(48)17-18-35(33)47/h2-24,61H,1H3,(H2,53,59)(H,55,60). The molecule has 6 aromatic carbocycles. The Morgan fingerprint density at radius 1 is 0.820 bits per heavy atom. The van der Waals surface area contributed by atoms with Gasteiger partial charge in [0, 0.05) is 40.3 Å². The zero-order chi connectivity index (χ0) is 43.0. The molecule has 1 aliphatic heterocycles. The molecule has 2 amide bonds. The number of rotatable bonds is 8. The number of aromatic nitrogens is 4. The second-order valence-electron chi connectivity index (χ2n) is 14.5. The summed E-state index contributed by atoms with van der Waals surface area (Å²) < 4.78 is 78.3. The molecule has 3 heterocycles. The molecule has 0 bridgehead atoms. The lowest BCUT2D eigenvalue weighted by Gasteiger charge is -2.37. The van der Waals surface area contributed by atoms with Crippen molar-refractivity contribution >= 4 is 34.3 Å². The van der Waals surface area contributed by atoms with E-state index in [1.807, 2.05) is 95.6 Å². The summed E-state index contributed by atoms with van der Waals surface area (Å²) in [6, 6.07) is 33.9. The van der Waals surface area contributed by atoms with Crippen molar-refractivity contribution < 1.29 is 36.6 Å². The van der Waals surface area contributed by atoms with Crippen LogP contribution in [0.4, 0.5) is 22.0 Å². The van der Waals surface area contributed by atoms with Crippen LogP contribution in [0.15, 0.2) is 140 Å². The molecular weight excluding hydrogens is 815 g/mol. The molecule has 304 valence electrons. The van der Waals surface area contributed by atoms with Crippen molar-refractivity contribution in [2.24, 2.45) is 12.8 Å². The number of imidazole rings is 1. The molecule has 1 aliphatic rings. The Hall–Kier alpha value is -7.16. The summed E-state index contributed by atoms with van der Waals surface area (Å²) in [5, 5.41) is 19.3. The molecule has 1 atom stereocenters. The van der Waals surface area contributed by atoms with E-state index in [-0.39, 0.29) is 33.4 Å². The van der Waals surface area contributed by atoms with Crippen LogP contribution in [0.1, 0.15) is 54.1 Å². The van der Waals surface area contributed by atoms with Gasteiger partial charge in [-0.3, -0.25) is 14.3 Å². The number of nitrogens with one attached hydrogen (secondary N) is 1. The summed E-state index contributed by atoms with van der Waals surface area (Å²) in [5.41, 5.74) is -0.675. The van der Waals surface area contributed by atoms with Gasteiger partial charge in [0.05, 0.1) is 28.7 Å². The van der Waals surface area contributed by atoms with Crippen LogP contribution in [0.25, 0.3) is 33.4 Å². The smallest absolute Gasteiger partial charge is 0.366 e. The van der Waals surface area contributed by atoms with E-state index in [9.17, 15) is 23.5 Å². The molecular formula is C46H30ClF5N6O3. The largest absolute Gasteiger partial charge is 0.417 e. The third kappa shape index (κ3) is 6.08. The molecule has 0 saturated carbocycles. The summed E-state index contributed by atoms with van der Waals surface area (Å²) in [6.45, 7) is 0. The van der Waals surface area contributed by atoms with Crippen LogP contribution >= 0.6 is 11.6 Å². The van der Waals surface area contributed by atoms with Gasteiger partial charge in [0.15, 0.2) is 5.72 Å². The number of halogens is 6. The first-order valence-corrected chi connectivity index (χ1v) is 19.0. The van der Waals surface area contributed by atoms with Gasteiger partial charge >= 0.3 is 6.18 Å². The van der Waals surface area contributed by atoms with Gasteiger partial charge in [0.25, 0.3) is 5.91 Å². The fourth-order valence-electron chi connectivity index (χ4n) is 8.62. The molecule has 0 radical (unpaired) electrons. The zero-order valence-corrected chi connectivity index (χ0v) is 32.4. The van der Waals surface area contributed by atoms with Gasteiger partial charge in [-0.15, -0.1) is 0 Å². The van der Waals surface area contributed by atoms with Gasteiger partial charge < -0.3 is 20.7 Å². The quantitative estimate of drug-likeness (QED) is 0.104. The SMILES string of the molecule is Cn1nc2c3c(c(-c4c(C(N)=O)cc(F)cc4C(F)(F)F)cc2c1-c1cn(C(c2ccccc2)(c2ccccc2)c2ccccc2)cn1)C(O)(c1cc(F)ccc1Cl)NC3=O. The van der Waals surface area contributed by atoms with Crippen molar-refractivity contribution in [3.8, 4) is 22.5 Å². The Balaban J connectivity index is 1.39. The molecule has 8 aromatic rings. The van der Waals surface area contributed by atoms with Crippen molar-refractivity contribution in [1.82, 2.24) is 24.6 Å². The van der Waals surface area contributed by atoms with E-state index in [1.165, 1.54) is 17.8 Å². The van der Waals surface area contributed by atoms with E-state index in [2.05, 4.69) is 10.4 Å². The number of alkyl halides is 3. The van der Waals surface area contributed by atoms with Gasteiger partial charge in [-0.2, -0.15) is 18.3 Å². The van der Waals surface area contributed by atoms with Crippen LogP contribution in [-0.2, 0) is 24.5 Å². The van der Waals surface area contributed by atoms with Crippen LogP contribution < -0.4 is 11.1 Å². The van der Waals surface area contributed by atoms with Gasteiger partial charge in [-0.25, -0.2) is 13.8 Å². The monoisotopic (exact) mass is 844 g/mol. The molecule has 9 rings (SSSR count). The number of hydrogen-bond acceptors (Lipinski definition) is 5. The summed E-state index contributed by atoms with van der Waals surface area (Å²) in [4.78, 5) is 32.0. The first kappa shape index (κ1) is 39.3. The molecule has 61 heavy (non-hydrogen) atoms. The molecule has 1 unspecified atom stereocenters. The van der Waals surface area contributed by atoms with Crippen LogP contribution in [0, 0.1) is 11.6 Å². The average Bonchev–Trinajstić information content (AvgIpc) is 3.93. The van der Waals surface area contributed by atoms with Crippen molar-refractivity contribution in [2.75, 3.05) is 0 Å². The minimum atomic E-state index is -5.31. The van der Waals surface area contributed by atoms with E-state index < -0.39 is 79.8 Å². The van der Waals surface area contributed by atoms with Crippen LogP contribution in [0.3, 0.4) is 0 Å². The minimum Gasteiger partial charge on any atom is -0.366 e. The predicted octanol–water partition coefficient (Wildman–Crippen LogP) is 8.93. The van der Waals surface area contributed by atoms with Crippen molar-refractivity contribution in [2.45, 2.75) is 17.4 Å². The number of aryl methyl sites for hydroxylation is 1. The second kappa shape index (κ2) is 14.2. The summed E-state index contributed by atoms with van der Waals surface area (Å²) in [7, 11) is 1.54. The highest BCUT2D eigenvalue weighted by Crippen LogP contribution is 2.51. The topological polar surface area (TPSA) is 128 Å². The average molecular weight is 845 g/mol. The number of primary amides is 1. The normalized spacial score (nSPS) is 15.2. The fraction of sp³-hybridized carbons (Fsp3) is 0.0870. The van der Waals surface area contributed by atoms with Gasteiger partial charge in [0.1, 0.15) is 28.4 Å². The number of carbonyl (C=O) groups is 2. The second-order valence-corrected chi connectivity index (χ2v) is 15.0. The summed E-state index contributed by atoms with van der Waals surface area (Å²) >= 11 is 6.47. The highest BCUT2D eigenvalue weighted by atomic mass is 35.5. The van der Waals surface area contributed by atoms with Crippen molar-refractivity contribution in [3.63, 3.8) is 0 Å².